The number of imidazole rings is 1. The maximum atomic E-state index is 16.1. The number of likely N-dealkylation sites (tertiary alicyclic amines) is 1. The first-order valence-electron chi connectivity index (χ1n) is 12.9. The highest BCUT2D eigenvalue weighted by Gasteiger charge is 2.22. The molecular weight excluding hydrogens is 498 g/mol. The van der Waals surface area contributed by atoms with Gasteiger partial charge in [-0.25, -0.2) is 23.7 Å². The fraction of sp³-hybridized carbons (Fsp3) is 0.207. The van der Waals surface area contributed by atoms with Crippen LogP contribution in [0.25, 0.3) is 56.0 Å². The lowest BCUT2D eigenvalue weighted by Crippen LogP contribution is -2.29. The van der Waals surface area contributed by atoms with Crippen LogP contribution in [0.2, 0.25) is 0 Å². The highest BCUT2D eigenvalue weighted by Crippen LogP contribution is 2.34. The number of pyridine rings is 3. The molecule has 0 bridgehead atoms. The Morgan fingerprint density at radius 2 is 1.77 bits per heavy atom. The first-order valence-corrected chi connectivity index (χ1v) is 12.9. The van der Waals surface area contributed by atoms with Crippen molar-refractivity contribution in [2.45, 2.75) is 25.8 Å². The van der Waals surface area contributed by atoms with Gasteiger partial charge in [0.1, 0.15) is 22.8 Å². The second-order valence-electron chi connectivity index (χ2n) is 9.85. The summed E-state index contributed by atoms with van der Waals surface area (Å²) in [5.74, 6) is -0.469. The molecule has 194 valence electrons. The summed E-state index contributed by atoms with van der Waals surface area (Å²) < 4.78 is 30.0. The minimum atomic E-state index is -0.459. The zero-order valence-corrected chi connectivity index (χ0v) is 21.0. The Morgan fingerprint density at radius 1 is 0.872 bits per heavy atom. The van der Waals surface area contributed by atoms with Gasteiger partial charge in [0.15, 0.2) is 17.1 Å². The molecule has 39 heavy (non-hydrogen) atoms. The van der Waals surface area contributed by atoms with Crippen LogP contribution in [0.15, 0.2) is 61.2 Å². The number of nitrogens with one attached hydrogen (secondary N) is 2. The number of aromatic nitrogens is 7. The molecule has 2 N–H and O–H groups in total. The summed E-state index contributed by atoms with van der Waals surface area (Å²) in [6, 6.07) is 10.0. The number of piperidine rings is 1. The summed E-state index contributed by atoms with van der Waals surface area (Å²) in [4.78, 5) is 23.5. The van der Waals surface area contributed by atoms with Gasteiger partial charge in [-0.1, -0.05) is 18.6 Å². The Kier molecular flexibility index (Phi) is 5.81. The van der Waals surface area contributed by atoms with Crippen molar-refractivity contribution in [3.8, 4) is 33.8 Å². The molecule has 1 fully saturated rings. The molecule has 5 aromatic heterocycles. The number of rotatable bonds is 5. The predicted octanol–water partition coefficient (Wildman–Crippen LogP) is 5.89. The van der Waals surface area contributed by atoms with Crippen molar-refractivity contribution in [1.29, 1.82) is 0 Å². The molecule has 0 aliphatic carbocycles. The van der Waals surface area contributed by atoms with Crippen LogP contribution in [-0.2, 0) is 6.54 Å². The van der Waals surface area contributed by atoms with Gasteiger partial charge in [-0.15, -0.1) is 0 Å². The van der Waals surface area contributed by atoms with Crippen molar-refractivity contribution in [3.05, 3.63) is 78.4 Å². The standard InChI is InChI=1S/C29H24F2N8/c30-20-6-4-5-18(12-20)21-7-8-33-28-25(21)35-29(36-28)26-23-24(31)22(15-34-27(23)38-37-26)19-11-17(13-32-14-19)16-39-9-2-1-3-10-39/h4-8,11-15H,1-3,9-10,16H2,(H,33,35,36)(H,34,37,38). The highest BCUT2D eigenvalue weighted by molar-refractivity contribution is 5.96. The van der Waals surface area contributed by atoms with Crippen molar-refractivity contribution in [3.63, 3.8) is 0 Å². The summed E-state index contributed by atoms with van der Waals surface area (Å²) in [6.45, 7) is 2.92. The van der Waals surface area contributed by atoms with Crippen molar-refractivity contribution < 1.29 is 8.78 Å². The molecule has 0 amide bonds. The van der Waals surface area contributed by atoms with Gasteiger partial charge in [0.05, 0.1) is 5.39 Å². The van der Waals surface area contributed by atoms with Gasteiger partial charge in [0.25, 0.3) is 0 Å². The summed E-state index contributed by atoms with van der Waals surface area (Å²) in [5.41, 5.74) is 5.03. The molecule has 6 aromatic rings. The third kappa shape index (κ3) is 4.32. The molecule has 0 atom stereocenters. The Morgan fingerprint density at radius 3 is 2.64 bits per heavy atom. The second kappa shape index (κ2) is 9.63. The topological polar surface area (TPSA) is 99.3 Å². The van der Waals surface area contributed by atoms with E-state index in [-0.39, 0.29) is 16.9 Å². The number of halogens is 2. The van der Waals surface area contributed by atoms with E-state index in [0.29, 0.717) is 44.9 Å². The molecule has 1 saturated heterocycles. The van der Waals surface area contributed by atoms with Gasteiger partial charge >= 0.3 is 0 Å². The van der Waals surface area contributed by atoms with Crippen LogP contribution in [0, 0.1) is 11.6 Å². The van der Waals surface area contributed by atoms with E-state index < -0.39 is 5.82 Å². The summed E-state index contributed by atoms with van der Waals surface area (Å²) in [6.07, 6.45) is 10.3. The van der Waals surface area contributed by atoms with E-state index in [9.17, 15) is 4.39 Å². The van der Waals surface area contributed by atoms with Gasteiger partial charge in [-0.05, 0) is 61.3 Å². The third-order valence-corrected chi connectivity index (χ3v) is 7.23. The monoisotopic (exact) mass is 522 g/mol. The normalized spacial score (nSPS) is 14.4. The Hall–Kier alpha value is -4.57. The minimum absolute atomic E-state index is 0.222. The lowest BCUT2D eigenvalue weighted by molar-refractivity contribution is 0.220. The van der Waals surface area contributed by atoms with E-state index in [1.807, 2.05) is 12.3 Å². The Labute approximate surface area is 222 Å². The van der Waals surface area contributed by atoms with Gasteiger partial charge in [-0.3, -0.25) is 15.0 Å². The zero-order chi connectivity index (χ0) is 26.3. The van der Waals surface area contributed by atoms with Gasteiger partial charge in [0.2, 0.25) is 0 Å². The number of benzene rings is 1. The molecule has 1 aliphatic rings. The molecular formula is C29H24F2N8. The van der Waals surface area contributed by atoms with Crippen molar-refractivity contribution in [2.24, 2.45) is 0 Å². The molecule has 1 aliphatic heterocycles. The lowest BCUT2D eigenvalue weighted by atomic mass is 10.0. The average Bonchev–Trinajstić information content (AvgIpc) is 3.59. The Bertz CT molecular complexity index is 1820. The fourth-order valence-corrected chi connectivity index (χ4v) is 5.34. The van der Waals surface area contributed by atoms with Crippen molar-refractivity contribution in [2.75, 3.05) is 13.1 Å². The molecule has 0 spiro atoms. The van der Waals surface area contributed by atoms with E-state index in [2.05, 4.69) is 35.0 Å². The number of fused-ring (bicyclic) bond motifs is 2. The maximum Gasteiger partial charge on any atom is 0.161 e. The largest absolute Gasteiger partial charge is 0.321 e. The summed E-state index contributed by atoms with van der Waals surface area (Å²) in [5, 5.41) is 7.38. The van der Waals surface area contributed by atoms with Gasteiger partial charge in [-0.2, -0.15) is 5.10 Å². The van der Waals surface area contributed by atoms with Crippen LogP contribution in [0.4, 0.5) is 8.78 Å². The SMILES string of the molecule is Fc1cccc(-c2ccnc3[nH]c(-c4n[nH]c5ncc(-c6cncc(CN7CCCCC7)c6)c(F)c45)nc23)c1. The number of hydrogen-bond donors (Lipinski definition) is 2. The number of aromatic amines is 2. The quantitative estimate of drug-likeness (QED) is 0.293. The van der Waals surface area contributed by atoms with Crippen LogP contribution < -0.4 is 0 Å². The van der Waals surface area contributed by atoms with Crippen LogP contribution in [0.5, 0.6) is 0 Å². The van der Waals surface area contributed by atoms with Crippen molar-refractivity contribution in [1.82, 2.24) is 40.0 Å². The van der Waals surface area contributed by atoms with E-state index in [4.69, 9.17) is 4.98 Å². The molecule has 6 heterocycles. The third-order valence-electron chi connectivity index (χ3n) is 7.23. The molecule has 0 radical (unpaired) electrons. The van der Waals surface area contributed by atoms with E-state index in [1.54, 1.807) is 30.6 Å². The molecule has 0 saturated carbocycles. The lowest BCUT2D eigenvalue weighted by Gasteiger charge is -2.26. The van der Waals surface area contributed by atoms with Gasteiger partial charge in [0, 0.05) is 48.0 Å². The van der Waals surface area contributed by atoms with E-state index >= 15 is 4.39 Å². The second-order valence-corrected chi connectivity index (χ2v) is 9.85. The van der Waals surface area contributed by atoms with Crippen LogP contribution in [-0.4, -0.2) is 53.1 Å². The molecule has 10 heteroatoms. The Balaban J connectivity index is 1.29. The first kappa shape index (κ1) is 23.5. The predicted molar refractivity (Wildman–Crippen MR) is 144 cm³/mol. The highest BCUT2D eigenvalue weighted by atomic mass is 19.1. The van der Waals surface area contributed by atoms with Crippen LogP contribution in [0.3, 0.4) is 0 Å². The summed E-state index contributed by atoms with van der Waals surface area (Å²) in [7, 11) is 0. The zero-order valence-electron chi connectivity index (χ0n) is 21.0. The fourth-order valence-electron chi connectivity index (χ4n) is 5.34. The van der Waals surface area contributed by atoms with Crippen molar-refractivity contribution >= 4 is 22.2 Å². The molecule has 7 rings (SSSR count). The number of nitrogens with zero attached hydrogens (tertiary/aromatic N) is 6. The number of H-pyrrole nitrogens is 2. The maximum absolute atomic E-state index is 16.1. The van der Waals surface area contributed by atoms with Crippen LogP contribution in [0.1, 0.15) is 24.8 Å². The van der Waals surface area contributed by atoms with E-state index in [1.165, 1.54) is 37.6 Å². The average molecular weight is 523 g/mol. The number of hydrogen-bond acceptors (Lipinski definition) is 6. The molecule has 1 aromatic carbocycles. The smallest absolute Gasteiger partial charge is 0.161 e. The van der Waals surface area contributed by atoms with Gasteiger partial charge < -0.3 is 4.98 Å². The molecule has 0 unspecified atom stereocenters. The minimum Gasteiger partial charge on any atom is -0.321 e. The van der Waals surface area contributed by atoms with Crippen LogP contribution >= 0.6 is 0 Å². The first-order chi connectivity index (χ1) is 19.1. The molecule has 8 nitrogen and oxygen atoms in total. The summed E-state index contributed by atoms with van der Waals surface area (Å²) >= 11 is 0. The van der Waals surface area contributed by atoms with E-state index in [0.717, 1.165) is 25.2 Å².